The van der Waals surface area contributed by atoms with E-state index in [1.807, 2.05) is 0 Å². The standard InChI is InChI=1S/C16H22FNO3/c1-16(9-19,10-20)8-18(2)15(21)13-7-12(13)11-5-3-4-6-14(11)17/h3-6,12-13,19-20H,7-10H2,1-2H3. The second-order valence-corrected chi connectivity index (χ2v) is 6.29. The van der Waals surface area contributed by atoms with Gasteiger partial charge in [-0.1, -0.05) is 25.1 Å². The third kappa shape index (κ3) is 3.41. The number of amides is 1. The molecule has 116 valence electrons. The van der Waals surface area contributed by atoms with Crippen LogP contribution >= 0.6 is 0 Å². The van der Waals surface area contributed by atoms with Crippen LogP contribution in [0.4, 0.5) is 4.39 Å². The molecule has 2 rings (SSSR count). The van der Waals surface area contributed by atoms with Gasteiger partial charge in [-0.3, -0.25) is 4.79 Å². The molecule has 2 N–H and O–H groups in total. The van der Waals surface area contributed by atoms with Crippen LogP contribution < -0.4 is 0 Å². The lowest BCUT2D eigenvalue weighted by Gasteiger charge is -2.30. The zero-order valence-corrected chi connectivity index (χ0v) is 12.4. The first kappa shape index (κ1) is 15.9. The summed E-state index contributed by atoms with van der Waals surface area (Å²) in [4.78, 5) is 13.9. The molecule has 1 aromatic carbocycles. The Morgan fingerprint density at radius 2 is 2.00 bits per heavy atom. The highest BCUT2D eigenvalue weighted by atomic mass is 19.1. The van der Waals surface area contributed by atoms with Crippen LogP contribution in [0.1, 0.15) is 24.8 Å². The average molecular weight is 295 g/mol. The zero-order valence-electron chi connectivity index (χ0n) is 12.4. The van der Waals surface area contributed by atoms with Gasteiger partial charge in [0.25, 0.3) is 0 Å². The summed E-state index contributed by atoms with van der Waals surface area (Å²) < 4.78 is 13.7. The Kier molecular flexibility index (Phi) is 4.64. The SMILES string of the molecule is CN(CC(C)(CO)CO)C(=O)C1CC1c1ccccc1F. The lowest BCUT2D eigenvalue weighted by atomic mass is 9.92. The van der Waals surface area contributed by atoms with Gasteiger partial charge in [-0.2, -0.15) is 0 Å². The van der Waals surface area contributed by atoms with Gasteiger partial charge in [-0.05, 0) is 24.0 Å². The van der Waals surface area contributed by atoms with Crippen molar-refractivity contribution in [2.45, 2.75) is 19.3 Å². The maximum Gasteiger partial charge on any atom is 0.226 e. The molecule has 1 saturated carbocycles. The van der Waals surface area contributed by atoms with E-state index >= 15 is 0 Å². The minimum Gasteiger partial charge on any atom is -0.396 e. The summed E-state index contributed by atoms with van der Waals surface area (Å²) in [6.45, 7) is 1.61. The predicted molar refractivity (Wildman–Crippen MR) is 77.2 cm³/mol. The van der Waals surface area contributed by atoms with Crippen molar-refractivity contribution in [1.29, 1.82) is 0 Å². The van der Waals surface area contributed by atoms with Gasteiger partial charge in [0.1, 0.15) is 5.82 Å². The Morgan fingerprint density at radius 1 is 1.38 bits per heavy atom. The minimum atomic E-state index is -0.715. The van der Waals surface area contributed by atoms with Crippen LogP contribution in [-0.2, 0) is 4.79 Å². The van der Waals surface area contributed by atoms with Crippen LogP contribution in [0.5, 0.6) is 0 Å². The second kappa shape index (κ2) is 6.12. The number of benzene rings is 1. The maximum absolute atomic E-state index is 13.7. The van der Waals surface area contributed by atoms with Gasteiger partial charge < -0.3 is 15.1 Å². The first-order valence-electron chi connectivity index (χ1n) is 7.13. The van der Waals surface area contributed by atoms with Crippen molar-refractivity contribution in [2.24, 2.45) is 11.3 Å². The molecule has 21 heavy (non-hydrogen) atoms. The van der Waals surface area contributed by atoms with Gasteiger partial charge in [0.15, 0.2) is 0 Å². The number of halogens is 1. The molecule has 1 aromatic rings. The molecule has 0 radical (unpaired) electrons. The van der Waals surface area contributed by atoms with E-state index in [-0.39, 0.29) is 43.3 Å². The quantitative estimate of drug-likeness (QED) is 0.833. The molecule has 5 heteroatoms. The van der Waals surface area contributed by atoms with E-state index in [0.717, 1.165) is 0 Å². The molecular formula is C16H22FNO3. The molecule has 4 nitrogen and oxygen atoms in total. The Balaban J connectivity index is 1.98. The molecule has 1 amide bonds. The fourth-order valence-electron chi connectivity index (χ4n) is 2.67. The van der Waals surface area contributed by atoms with E-state index in [9.17, 15) is 19.4 Å². The Bertz CT molecular complexity index is 516. The molecular weight excluding hydrogens is 273 g/mol. The highest BCUT2D eigenvalue weighted by Gasteiger charge is 2.46. The fourth-order valence-corrected chi connectivity index (χ4v) is 2.67. The third-order valence-electron chi connectivity index (χ3n) is 4.17. The number of carbonyl (C=O) groups excluding carboxylic acids is 1. The average Bonchev–Trinajstić information content (AvgIpc) is 3.27. The number of rotatable bonds is 6. The van der Waals surface area contributed by atoms with E-state index in [4.69, 9.17) is 0 Å². The zero-order chi connectivity index (χ0) is 15.6. The van der Waals surface area contributed by atoms with Gasteiger partial charge in [0.05, 0.1) is 13.2 Å². The van der Waals surface area contributed by atoms with E-state index in [2.05, 4.69) is 0 Å². The topological polar surface area (TPSA) is 60.8 Å². The van der Waals surface area contributed by atoms with Crippen molar-refractivity contribution in [1.82, 2.24) is 4.90 Å². The minimum absolute atomic E-state index is 0.0589. The van der Waals surface area contributed by atoms with E-state index in [0.29, 0.717) is 12.0 Å². The van der Waals surface area contributed by atoms with E-state index < -0.39 is 5.41 Å². The van der Waals surface area contributed by atoms with E-state index in [1.165, 1.54) is 11.0 Å². The molecule has 2 atom stereocenters. The summed E-state index contributed by atoms with van der Waals surface area (Å²) in [5.74, 6) is -0.586. The van der Waals surface area contributed by atoms with Crippen LogP contribution in [0.15, 0.2) is 24.3 Å². The molecule has 1 aliphatic carbocycles. The number of hydrogen-bond acceptors (Lipinski definition) is 3. The summed E-state index contributed by atoms with van der Waals surface area (Å²) >= 11 is 0. The molecule has 0 heterocycles. The van der Waals surface area contributed by atoms with Gasteiger partial charge in [-0.25, -0.2) is 4.39 Å². The van der Waals surface area contributed by atoms with Crippen LogP contribution in [0.25, 0.3) is 0 Å². The molecule has 1 fully saturated rings. The number of hydrogen-bond donors (Lipinski definition) is 2. The second-order valence-electron chi connectivity index (χ2n) is 6.29. The van der Waals surface area contributed by atoms with E-state index in [1.54, 1.807) is 32.2 Å². The largest absolute Gasteiger partial charge is 0.396 e. The van der Waals surface area contributed by atoms with Gasteiger partial charge in [0.2, 0.25) is 5.91 Å². The summed E-state index contributed by atoms with van der Waals surface area (Å²) in [5, 5.41) is 18.6. The van der Waals surface area contributed by atoms with Crippen molar-refractivity contribution in [2.75, 3.05) is 26.8 Å². The number of aliphatic hydroxyl groups excluding tert-OH is 2. The Labute approximate surface area is 124 Å². The highest BCUT2D eigenvalue weighted by molar-refractivity contribution is 5.82. The van der Waals surface area contributed by atoms with Gasteiger partial charge >= 0.3 is 0 Å². The Morgan fingerprint density at radius 3 is 2.57 bits per heavy atom. The first-order chi connectivity index (χ1) is 9.91. The Hall–Kier alpha value is -1.46. The number of carbonyl (C=O) groups is 1. The molecule has 2 unspecified atom stereocenters. The molecule has 1 aliphatic rings. The van der Waals surface area contributed by atoms with Crippen LogP contribution in [0, 0.1) is 17.2 Å². The maximum atomic E-state index is 13.7. The first-order valence-corrected chi connectivity index (χ1v) is 7.13. The van der Waals surface area contributed by atoms with Crippen LogP contribution in [-0.4, -0.2) is 47.8 Å². The smallest absolute Gasteiger partial charge is 0.226 e. The summed E-state index contributed by atoms with van der Waals surface area (Å²) in [6.07, 6.45) is 0.652. The molecule has 0 aliphatic heterocycles. The monoisotopic (exact) mass is 295 g/mol. The molecule has 0 spiro atoms. The van der Waals surface area contributed by atoms with Crippen molar-refractivity contribution in [3.8, 4) is 0 Å². The van der Waals surface area contributed by atoms with Gasteiger partial charge in [-0.15, -0.1) is 0 Å². The lowest BCUT2D eigenvalue weighted by molar-refractivity contribution is -0.133. The van der Waals surface area contributed by atoms with Gasteiger partial charge in [0, 0.05) is 24.9 Å². The molecule has 0 aromatic heterocycles. The summed E-state index contributed by atoms with van der Waals surface area (Å²) in [7, 11) is 1.66. The fraction of sp³-hybridized carbons (Fsp3) is 0.562. The molecule has 0 saturated heterocycles. The number of aliphatic hydroxyl groups is 2. The van der Waals surface area contributed by atoms with Crippen molar-refractivity contribution < 1.29 is 19.4 Å². The number of nitrogens with zero attached hydrogens (tertiary/aromatic N) is 1. The predicted octanol–water partition coefficient (Wildman–Crippen LogP) is 1.38. The van der Waals surface area contributed by atoms with Crippen molar-refractivity contribution in [3.05, 3.63) is 35.6 Å². The third-order valence-corrected chi connectivity index (χ3v) is 4.17. The lowest BCUT2D eigenvalue weighted by Crippen LogP contribution is -2.42. The summed E-state index contributed by atoms with van der Waals surface area (Å²) in [5.41, 5.74) is -0.122. The normalized spacial score (nSPS) is 21.2. The van der Waals surface area contributed by atoms with Crippen LogP contribution in [0.3, 0.4) is 0 Å². The van der Waals surface area contributed by atoms with Crippen molar-refractivity contribution >= 4 is 5.91 Å². The summed E-state index contributed by atoms with van der Waals surface area (Å²) in [6, 6.07) is 6.54. The van der Waals surface area contributed by atoms with Crippen LogP contribution in [0.2, 0.25) is 0 Å². The highest BCUT2D eigenvalue weighted by Crippen LogP contribution is 2.49. The van der Waals surface area contributed by atoms with Crippen molar-refractivity contribution in [3.63, 3.8) is 0 Å². The molecule has 0 bridgehead atoms.